The molecule has 0 spiro atoms. The Morgan fingerprint density at radius 3 is 1.47 bits per heavy atom. The summed E-state index contributed by atoms with van der Waals surface area (Å²) in [5.41, 5.74) is -2.70. The molecule has 1 N–H and O–H groups in total. The Labute approximate surface area is 79.9 Å². The van der Waals surface area contributed by atoms with Crippen LogP contribution >= 0.6 is 0 Å². The lowest BCUT2D eigenvalue weighted by Crippen LogP contribution is -2.46. The number of carboxylic acid groups (broad SMARTS) is 1. The highest BCUT2D eigenvalue weighted by Gasteiger charge is 2.73. The minimum Gasteiger partial charge on any atom is -0.481 e. The van der Waals surface area contributed by atoms with Crippen LogP contribution in [0.1, 0.15) is 12.8 Å². The van der Waals surface area contributed by atoms with E-state index in [1.165, 1.54) is 0 Å². The molecular formula is C7H6F6O2. The molecule has 0 atom stereocenters. The highest BCUT2D eigenvalue weighted by atomic mass is 19.4. The van der Waals surface area contributed by atoms with Crippen molar-refractivity contribution >= 4 is 5.97 Å². The van der Waals surface area contributed by atoms with Crippen LogP contribution in [-0.4, -0.2) is 23.4 Å². The Hall–Kier alpha value is -0.950. The van der Waals surface area contributed by atoms with Crippen LogP contribution in [0.3, 0.4) is 0 Å². The number of alkyl halides is 6. The molecule has 15 heavy (non-hydrogen) atoms. The zero-order valence-electron chi connectivity index (χ0n) is 7.11. The Balaban J connectivity index is 3.09. The maximum atomic E-state index is 12.1. The Morgan fingerprint density at radius 2 is 1.40 bits per heavy atom. The molecule has 1 aliphatic carbocycles. The van der Waals surface area contributed by atoms with Gasteiger partial charge in [-0.1, -0.05) is 0 Å². The topological polar surface area (TPSA) is 37.3 Å². The summed E-state index contributed by atoms with van der Waals surface area (Å²) in [6.45, 7) is 0. The van der Waals surface area contributed by atoms with Gasteiger partial charge < -0.3 is 5.11 Å². The average Bonchev–Trinajstić information content (AvgIpc) is 2.61. The van der Waals surface area contributed by atoms with Crippen LogP contribution < -0.4 is 0 Å². The molecule has 0 saturated heterocycles. The summed E-state index contributed by atoms with van der Waals surface area (Å²) in [7, 11) is 0. The fourth-order valence-corrected chi connectivity index (χ4v) is 1.57. The van der Waals surface area contributed by atoms with Gasteiger partial charge in [0.2, 0.25) is 0 Å². The number of aliphatic carboxylic acids is 1. The fraction of sp³-hybridized carbons (Fsp3) is 0.857. The molecular weight excluding hydrogens is 230 g/mol. The lowest BCUT2D eigenvalue weighted by atomic mass is 9.88. The average molecular weight is 236 g/mol. The summed E-state index contributed by atoms with van der Waals surface area (Å²) in [5.74, 6) is -5.81. The molecule has 0 amide bonds. The first-order chi connectivity index (χ1) is 6.52. The van der Waals surface area contributed by atoms with Crippen LogP contribution in [0, 0.1) is 11.3 Å². The van der Waals surface area contributed by atoms with Gasteiger partial charge in [-0.05, 0) is 12.8 Å². The van der Waals surface area contributed by atoms with E-state index in [2.05, 4.69) is 0 Å². The van der Waals surface area contributed by atoms with Crippen molar-refractivity contribution in [1.82, 2.24) is 0 Å². The summed E-state index contributed by atoms with van der Waals surface area (Å²) in [4.78, 5) is 10.4. The number of carboxylic acids is 1. The number of halogens is 6. The Kier molecular flexibility index (Phi) is 2.44. The van der Waals surface area contributed by atoms with E-state index in [9.17, 15) is 31.1 Å². The van der Waals surface area contributed by atoms with E-state index in [-0.39, 0.29) is 0 Å². The van der Waals surface area contributed by atoms with E-state index < -0.39 is 42.5 Å². The van der Waals surface area contributed by atoms with Crippen LogP contribution in [0.25, 0.3) is 0 Å². The van der Waals surface area contributed by atoms with Crippen molar-refractivity contribution in [1.29, 1.82) is 0 Å². The Morgan fingerprint density at radius 1 is 1.07 bits per heavy atom. The molecule has 0 unspecified atom stereocenters. The number of hydrogen-bond acceptors (Lipinski definition) is 1. The maximum Gasteiger partial charge on any atom is 0.401 e. The lowest BCUT2D eigenvalue weighted by Gasteiger charge is -2.27. The predicted octanol–water partition coefficient (Wildman–Crippen LogP) is 2.59. The molecule has 1 saturated carbocycles. The molecule has 0 aromatic carbocycles. The van der Waals surface area contributed by atoms with Gasteiger partial charge in [-0.15, -0.1) is 0 Å². The first kappa shape index (κ1) is 12.1. The number of hydrogen-bond donors (Lipinski definition) is 1. The van der Waals surface area contributed by atoms with E-state index in [1.54, 1.807) is 0 Å². The fourth-order valence-electron chi connectivity index (χ4n) is 1.57. The van der Waals surface area contributed by atoms with Gasteiger partial charge in [0.15, 0.2) is 5.92 Å². The van der Waals surface area contributed by atoms with Gasteiger partial charge in [-0.25, -0.2) is 0 Å². The van der Waals surface area contributed by atoms with Crippen LogP contribution in [0.15, 0.2) is 0 Å². The van der Waals surface area contributed by atoms with E-state index in [0.717, 1.165) is 0 Å². The van der Waals surface area contributed by atoms with E-state index >= 15 is 0 Å². The van der Waals surface area contributed by atoms with Gasteiger partial charge in [0.1, 0.15) is 0 Å². The van der Waals surface area contributed by atoms with Crippen molar-refractivity contribution in [2.75, 3.05) is 0 Å². The minimum atomic E-state index is -5.58. The molecule has 0 radical (unpaired) electrons. The van der Waals surface area contributed by atoms with Gasteiger partial charge >= 0.3 is 18.3 Å². The molecule has 1 fully saturated rings. The normalized spacial score (nSPS) is 20.5. The third-order valence-corrected chi connectivity index (χ3v) is 2.42. The summed E-state index contributed by atoms with van der Waals surface area (Å²) in [5, 5.41) is 8.40. The van der Waals surface area contributed by atoms with E-state index in [4.69, 9.17) is 5.11 Å². The van der Waals surface area contributed by atoms with Crippen molar-refractivity contribution in [3.8, 4) is 0 Å². The molecule has 1 rings (SSSR count). The number of carbonyl (C=O) groups is 1. The summed E-state index contributed by atoms with van der Waals surface area (Å²) in [6.07, 6.45) is -12.3. The summed E-state index contributed by atoms with van der Waals surface area (Å²) >= 11 is 0. The third-order valence-electron chi connectivity index (χ3n) is 2.42. The van der Waals surface area contributed by atoms with Crippen molar-refractivity contribution in [3.05, 3.63) is 0 Å². The molecule has 88 valence electrons. The summed E-state index contributed by atoms with van der Waals surface area (Å²) < 4.78 is 72.8. The van der Waals surface area contributed by atoms with Crippen LogP contribution in [0.4, 0.5) is 26.3 Å². The van der Waals surface area contributed by atoms with Gasteiger partial charge in [0.05, 0.1) is 5.41 Å². The van der Waals surface area contributed by atoms with E-state index in [0.29, 0.717) is 0 Å². The van der Waals surface area contributed by atoms with E-state index in [1.807, 2.05) is 0 Å². The standard InChI is InChI=1S/C7H6F6O2/c8-6(9,10)3(7(11,12)13)5(1-2-5)4(14)15/h3H,1-2H2,(H,14,15). The Bertz CT molecular complexity index is 260. The molecule has 0 bridgehead atoms. The zero-order chi connectivity index (χ0) is 12.1. The monoisotopic (exact) mass is 236 g/mol. The SMILES string of the molecule is O=C(O)C1(C(C(F)(F)F)C(F)(F)F)CC1. The van der Waals surface area contributed by atoms with Crippen molar-refractivity contribution in [2.45, 2.75) is 25.2 Å². The van der Waals surface area contributed by atoms with Gasteiger partial charge in [0.25, 0.3) is 0 Å². The molecule has 2 nitrogen and oxygen atoms in total. The van der Waals surface area contributed by atoms with Crippen molar-refractivity contribution in [3.63, 3.8) is 0 Å². The quantitative estimate of drug-likeness (QED) is 0.748. The molecule has 0 aromatic heterocycles. The van der Waals surface area contributed by atoms with Crippen molar-refractivity contribution < 1.29 is 36.2 Å². The van der Waals surface area contributed by atoms with Crippen LogP contribution in [-0.2, 0) is 4.79 Å². The van der Waals surface area contributed by atoms with Gasteiger partial charge in [-0.3, -0.25) is 4.79 Å². The molecule has 0 heterocycles. The summed E-state index contributed by atoms with van der Waals surface area (Å²) in [6, 6.07) is 0. The van der Waals surface area contributed by atoms with Crippen LogP contribution in [0.5, 0.6) is 0 Å². The molecule has 0 aliphatic heterocycles. The first-order valence-electron chi connectivity index (χ1n) is 3.88. The predicted molar refractivity (Wildman–Crippen MR) is 34.9 cm³/mol. The first-order valence-corrected chi connectivity index (χ1v) is 3.88. The van der Waals surface area contributed by atoms with Gasteiger partial charge in [0, 0.05) is 0 Å². The second kappa shape index (κ2) is 3.02. The second-order valence-electron chi connectivity index (χ2n) is 3.48. The molecule has 1 aliphatic rings. The highest BCUT2D eigenvalue weighted by molar-refractivity contribution is 5.78. The van der Waals surface area contributed by atoms with Crippen LogP contribution in [0.2, 0.25) is 0 Å². The lowest BCUT2D eigenvalue weighted by molar-refractivity contribution is -0.302. The number of rotatable bonds is 2. The zero-order valence-corrected chi connectivity index (χ0v) is 7.11. The third kappa shape index (κ3) is 2.03. The molecule has 0 aromatic rings. The second-order valence-corrected chi connectivity index (χ2v) is 3.48. The van der Waals surface area contributed by atoms with Gasteiger partial charge in [-0.2, -0.15) is 26.3 Å². The maximum absolute atomic E-state index is 12.1. The molecule has 8 heteroatoms. The highest BCUT2D eigenvalue weighted by Crippen LogP contribution is 2.62. The minimum absolute atomic E-state index is 0.591. The smallest absolute Gasteiger partial charge is 0.401 e. The van der Waals surface area contributed by atoms with Crippen molar-refractivity contribution in [2.24, 2.45) is 11.3 Å². The largest absolute Gasteiger partial charge is 0.481 e.